The molecule has 1 aliphatic heterocycles. The third-order valence-electron chi connectivity index (χ3n) is 4.01. The summed E-state index contributed by atoms with van der Waals surface area (Å²) in [7, 11) is 3.00. The first-order chi connectivity index (χ1) is 11.5. The molecule has 1 aromatic heterocycles. The summed E-state index contributed by atoms with van der Waals surface area (Å²) in [6.07, 6.45) is 0.962. The van der Waals surface area contributed by atoms with Gasteiger partial charge in [-0.05, 0) is 24.5 Å². The van der Waals surface area contributed by atoms with Crippen molar-refractivity contribution in [3.63, 3.8) is 0 Å². The first-order valence-electron chi connectivity index (χ1n) is 7.52. The van der Waals surface area contributed by atoms with Crippen LogP contribution in [-0.4, -0.2) is 25.7 Å². The Morgan fingerprint density at radius 3 is 2.38 bits per heavy atom. The van der Waals surface area contributed by atoms with Gasteiger partial charge in [-0.2, -0.15) is 0 Å². The van der Waals surface area contributed by atoms with Crippen LogP contribution in [0.1, 0.15) is 24.0 Å². The first kappa shape index (κ1) is 16.7. The fourth-order valence-corrected chi connectivity index (χ4v) is 2.87. The highest BCUT2D eigenvalue weighted by Crippen LogP contribution is 2.34. The maximum atomic E-state index is 13.6. The molecule has 7 heteroatoms. The van der Waals surface area contributed by atoms with Gasteiger partial charge in [-0.3, -0.25) is 0 Å². The van der Waals surface area contributed by atoms with E-state index < -0.39 is 23.7 Å². The van der Waals surface area contributed by atoms with E-state index in [9.17, 15) is 13.2 Å². The molecule has 0 spiro atoms. The Labute approximate surface area is 137 Å². The summed E-state index contributed by atoms with van der Waals surface area (Å²) in [4.78, 5) is 6.21. The van der Waals surface area contributed by atoms with E-state index in [1.165, 1.54) is 14.2 Å². The summed E-state index contributed by atoms with van der Waals surface area (Å²) in [6.45, 7) is 0.526. The number of ether oxygens (including phenoxy) is 2. The number of benzene rings is 1. The van der Waals surface area contributed by atoms with Gasteiger partial charge < -0.3 is 14.4 Å². The average molecular weight is 338 g/mol. The molecule has 2 heterocycles. The molecule has 0 saturated carbocycles. The number of aryl methyl sites for hydroxylation is 1. The van der Waals surface area contributed by atoms with Gasteiger partial charge in [0.1, 0.15) is 5.82 Å². The highest BCUT2D eigenvalue weighted by atomic mass is 19.2. The van der Waals surface area contributed by atoms with Crippen LogP contribution in [-0.2, 0) is 15.9 Å². The molecule has 0 radical (unpaired) electrons. The average Bonchev–Trinajstić information content (AvgIpc) is 2.59. The highest BCUT2D eigenvalue weighted by Gasteiger charge is 2.24. The van der Waals surface area contributed by atoms with Crippen molar-refractivity contribution in [3.8, 4) is 0 Å². The van der Waals surface area contributed by atoms with Gasteiger partial charge in [0.25, 0.3) is 0 Å². The molecular weight excluding hydrogens is 321 g/mol. The predicted molar refractivity (Wildman–Crippen MR) is 82.6 cm³/mol. The van der Waals surface area contributed by atoms with Gasteiger partial charge >= 0.3 is 0 Å². The van der Waals surface area contributed by atoms with Gasteiger partial charge in [0.2, 0.25) is 6.29 Å². The van der Waals surface area contributed by atoms with Gasteiger partial charge in [-0.15, -0.1) is 0 Å². The minimum Gasteiger partial charge on any atom is -0.350 e. The molecule has 24 heavy (non-hydrogen) atoms. The monoisotopic (exact) mass is 338 g/mol. The van der Waals surface area contributed by atoms with Crippen molar-refractivity contribution in [2.45, 2.75) is 19.1 Å². The van der Waals surface area contributed by atoms with E-state index in [0.717, 1.165) is 30.5 Å². The Hall–Kier alpha value is -2.12. The minimum atomic E-state index is -1.48. The maximum absolute atomic E-state index is 13.6. The molecule has 2 aromatic rings. The molecule has 0 amide bonds. The Kier molecular flexibility index (Phi) is 4.73. The Morgan fingerprint density at radius 2 is 1.75 bits per heavy atom. The first-order valence-corrected chi connectivity index (χ1v) is 7.52. The molecule has 0 N–H and O–H groups in total. The van der Waals surface area contributed by atoms with E-state index in [4.69, 9.17) is 9.47 Å². The third-order valence-corrected chi connectivity index (χ3v) is 4.01. The molecule has 1 aromatic carbocycles. The number of hydrogen-bond acceptors (Lipinski definition) is 4. The molecule has 0 aliphatic carbocycles. The summed E-state index contributed by atoms with van der Waals surface area (Å²) in [6, 6.07) is 5.65. The van der Waals surface area contributed by atoms with Gasteiger partial charge in [0, 0.05) is 38.6 Å². The van der Waals surface area contributed by atoms with Crippen LogP contribution in [0.25, 0.3) is 0 Å². The van der Waals surface area contributed by atoms with Crippen LogP contribution in [0.4, 0.5) is 24.7 Å². The quantitative estimate of drug-likeness (QED) is 0.626. The van der Waals surface area contributed by atoms with E-state index in [0.29, 0.717) is 18.1 Å². The predicted octanol–water partition coefficient (Wildman–Crippen LogP) is 3.87. The van der Waals surface area contributed by atoms with Crippen molar-refractivity contribution in [1.82, 2.24) is 4.98 Å². The number of pyridine rings is 1. The van der Waals surface area contributed by atoms with Crippen molar-refractivity contribution < 1.29 is 22.6 Å². The molecule has 0 bridgehead atoms. The number of hydrogen-bond donors (Lipinski definition) is 0. The van der Waals surface area contributed by atoms with Crippen LogP contribution in [0, 0.1) is 17.5 Å². The van der Waals surface area contributed by atoms with E-state index in [-0.39, 0.29) is 5.69 Å². The summed E-state index contributed by atoms with van der Waals surface area (Å²) >= 11 is 0. The lowest BCUT2D eigenvalue weighted by Gasteiger charge is -2.31. The van der Waals surface area contributed by atoms with Crippen molar-refractivity contribution in [1.29, 1.82) is 0 Å². The second-order valence-corrected chi connectivity index (χ2v) is 5.50. The SMILES string of the molecule is COC(OC)c1ccc2c(n1)N(c1cc(F)c(F)c(F)c1)CCC2. The highest BCUT2D eigenvalue weighted by molar-refractivity contribution is 5.64. The van der Waals surface area contributed by atoms with Crippen LogP contribution in [0.3, 0.4) is 0 Å². The van der Waals surface area contributed by atoms with Crippen molar-refractivity contribution in [2.24, 2.45) is 0 Å². The molecule has 0 saturated heterocycles. The molecular formula is C17H17F3N2O2. The Morgan fingerprint density at radius 1 is 1.08 bits per heavy atom. The molecule has 0 fully saturated rings. The lowest BCUT2D eigenvalue weighted by atomic mass is 10.0. The fraction of sp³-hybridized carbons (Fsp3) is 0.353. The normalized spacial score (nSPS) is 14.2. The molecule has 4 nitrogen and oxygen atoms in total. The second kappa shape index (κ2) is 6.78. The van der Waals surface area contributed by atoms with Crippen LogP contribution < -0.4 is 4.90 Å². The zero-order valence-corrected chi connectivity index (χ0v) is 13.4. The summed E-state index contributed by atoms with van der Waals surface area (Å²) in [5.74, 6) is -3.35. The smallest absolute Gasteiger partial charge is 0.200 e. The third kappa shape index (κ3) is 2.97. The number of methoxy groups -OCH3 is 2. The standard InChI is InChI=1S/C17H17F3N2O2/c1-23-17(24-2)14-6-5-10-4-3-7-22(16(10)21-14)11-8-12(18)15(20)13(19)9-11/h5-6,8-9,17H,3-4,7H2,1-2H3. The molecule has 1 aliphatic rings. The van der Waals surface area contributed by atoms with Crippen molar-refractivity contribution >= 4 is 11.5 Å². The number of anilines is 2. The summed E-state index contributed by atoms with van der Waals surface area (Å²) < 4.78 is 50.8. The van der Waals surface area contributed by atoms with Crippen LogP contribution in [0.15, 0.2) is 24.3 Å². The fourth-order valence-electron chi connectivity index (χ4n) is 2.87. The lowest BCUT2D eigenvalue weighted by Crippen LogP contribution is -2.27. The van der Waals surface area contributed by atoms with E-state index in [2.05, 4.69) is 4.98 Å². The number of halogens is 3. The van der Waals surface area contributed by atoms with Gasteiger partial charge in [-0.25, -0.2) is 18.2 Å². The van der Waals surface area contributed by atoms with Crippen molar-refractivity contribution in [2.75, 3.05) is 25.7 Å². The van der Waals surface area contributed by atoms with Crippen LogP contribution in [0.5, 0.6) is 0 Å². The number of aromatic nitrogens is 1. The molecule has 0 atom stereocenters. The van der Waals surface area contributed by atoms with Crippen LogP contribution in [0.2, 0.25) is 0 Å². The van der Waals surface area contributed by atoms with Gasteiger partial charge in [0.15, 0.2) is 17.5 Å². The van der Waals surface area contributed by atoms with Gasteiger partial charge in [-0.1, -0.05) is 6.07 Å². The second-order valence-electron chi connectivity index (χ2n) is 5.50. The minimum absolute atomic E-state index is 0.225. The zero-order chi connectivity index (χ0) is 17.3. The maximum Gasteiger partial charge on any atom is 0.200 e. The van der Waals surface area contributed by atoms with Gasteiger partial charge in [0.05, 0.1) is 5.69 Å². The number of nitrogens with zero attached hydrogens (tertiary/aromatic N) is 2. The number of rotatable bonds is 4. The molecule has 0 unspecified atom stereocenters. The number of fused-ring (bicyclic) bond motifs is 1. The molecule has 128 valence electrons. The zero-order valence-electron chi connectivity index (χ0n) is 13.4. The van der Waals surface area contributed by atoms with E-state index in [1.54, 1.807) is 11.0 Å². The van der Waals surface area contributed by atoms with Crippen molar-refractivity contribution in [3.05, 3.63) is 53.0 Å². The van der Waals surface area contributed by atoms with E-state index >= 15 is 0 Å². The Balaban J connectivity index is 2.06. The van der Waals surface area contributed by atoms with E-state index in [1.807, 2.05) is 6.07 Å². The van der Waals surface area contributed by atoms with Crippen LogP contribution >= 0.6 is 0 Å². The summed E-state index contributed by atoms with van der Waals surface area (Å²) in [5.41, 5.74) is 1.72. The summed E-state index contributed by atoms with van der Waals surface area (Å²) in [5, 5.41) is 0. The topological polar surface area (TPSA) is 34.6 Å². The Bertz CT molecular complexity index is 728. The largest absolute Gasteiger partial charge is 0.350 e. The molecule has 3 rings (SSSR count). The lowest BCUT2D eigenvalue weighted by molar-refractivity contribution is -0.108.